The zero-order valence-electron chi connectivity index (χ0n) is 16.8. The SMILES string of the molecule is O=C(c1cccn(Cc2ccccc2)c1=O)N1CCN(S(=O)(=O)c2cccnc2)CC1. The molecule has 1 saturated heterocycles. The first kappa shape index (κ1) is 21.0. The number of amides is 1. The molecule has 8 nitrogen and oxygen atoms in total. The van der Waals surface area contributed by atoms with Gasteiger partial charge in [0.05, 0.1) is 6.54 Å². The summed E-state index contributed by atoms with van der Waals surface area (Å²) in [6.45, 7) is 1.12. The van der Waals surface area contributed by atoms with Crippen LogP contribution in [-0.2, 0) is 16.6 Å². The van der Waals surface area contributed by atoms with Gasteiger partial charge < -0.3 is 9.47 Å². The smallest absolute Gasteiger partial charge is 0.263 e. The van der Waals surface area contributed by atoms with Crippen LogP contribution in [0.4, 0.5) is 0 Å². The van der Waals surface area contributed by atoms with Gasteiger partial charge in [-0.3, -0.25) is 14.6 Å². The lowest BCUT2D eigenvalue weighted by Gasteiger charge is -2.33. The van der Waals surface area contributed by atoms with E-state index in [0.29, 0.717) is 6.54 Å². The highest BCUT2D eigenvalue weighted by molar-refractivity contribution is 7.89. The molecule has 0 N–H and O–H groups in total. The highest BCUT2D eigenvalue weighted by Crippen LogP contribution is 2.17. The number of hydrogen-bond donors (Lipinski definition) is 0. The van der Waals surface area contributed by atoms with Crippen molar-refractivity contribution in [3.63, 3.8) is 0 Å². The van der Waals surface area contributed by atoms with E-state index in [1.54, 1.807) is 18.3 Å². The molecule has 1 aliphatic rings. The van der Waals surface area contributed by atoms with Crippen LogP contribution in [0.1, 0.15) is 15.9 Å². The maximum Gasteiger partial charge on any atom is 0.263 e. The van der Waals surface area contributed by atoms with E-state index < -0.39 is 10.0 Å². The standard InChI is InChI=1S/C22H22N4O4S/c27-21(20-9-5-11-25(22(20)28)17-18-6-2-1-3-7-18)24-12-14-26(15-13-24)31(29,30)19-8-4-10-23-16-19/h1-11,16H,12-15,17H2. The fourth-order valence-corrected chi connectivity index (χ4v) is 4.94. The van der Waals surface area contributed by atoms with Gasteiger partial charge >= 0.3 is 0 Å². The zero-order chi connectivity index (χ0) is 21.8. The van der Waals surface area contributed by atoms with Gasteiger partial charge in [-0.2, -0.15) is 4.31 Å². The average molecular weight is 439 g/mol. The number of nitrogens with zero attached hydrogens (tertiary/aromatic N) is 4. The topological polar surface area (TPSA) is 92.6 Å². The summed E-state index contributed by atoms with van der Waals surface area (Å²) in [7, 11) is -3.66. The molecule has 31 heavy (non-hydrogen) atoms. The molecule has 1 aromatic carbocycles. The molecule has 0 aliphatic carbocycles. The molecular formula is C22H22N4O4S. The molecule has 1 aliphatic heterocycles. The number of aromatic nitrogens is 2. The summed E-state index contributed by atoms with van der Waals surface area (Å²) in [4.78, 5) is 31.4. The Balaban J connectivity index is 1.47. The molecule has 3 heterocycles. The number of piperazine rings is 1. The highest BCUT2D eigenvalue weighted by atomic mass is 32.2. The molecule has 0 bridgehead atoms. The normalized spacial score (nSPS) is 15.0. The second kappa shape index (κ2) is 8.83. The van der Waals surface area contributed by atoms with Crippen LogP contribution in [0.5, 0.6) is 0 Å². The monoisotopic (exact) mass is 438 g/mol. The minimum absolute atomic E-state index is 0.0852. The van der Waals surface area contributed by atoms with Crippen molar-refractivity contribution in [2.45, 2.75) is 11.4 Å². The van der Waals surface area contributed by atoms with Gasteiger partial charge in [0.1, 0.15) is 10.5 Å². The molecule has 4 rings (SSSR count). The van der Waals surface area contributed by atoms with Crippen molar-refractivity contribution >= 4 is 15.9 Å². The second-order valence-corrected chi connectivity index (χ2v) is 9.16. The highest BCUT2D eigenvalue weighted by Gasteiger charge is 2.31. The van der Waals surface area contributed by atoms with Crippen molar-refractivity contribution in [2.24, 2.45) is 0 Å². The molecule has 3 aromatic rings. The van der Waals surface area contributed by atoms with Crippen LogP contribution < -0.4 is 5.56 Å². The van der Waals surface area contributed by atoms with Crippen molar-refractivity contribution < 1.29 is 13.2 Å². The number of carbonyl (C=O) groups excluding carboxylic acids is 1. The number of pyridine rings is 2. The lowest BCUT2D eigenvalue weighted by molar-refractivity contribution is 0.0695. The molecular weight excluding hydrogens is 416 g/mol. The van der Waals surface area contributed by atoms with E-state index in [9.17, 15) is 18.0 Å². The van der Waals surface area contributed by atoms with Gasteiger partial charge in [-0.25, -0.2) is 8.42 Å². The van der Waals surface area contributed by atoms with Crippen molar-refractivity contribution in [1.29, 1.82) is 0 Å². The first-order chi connectivity index (χ1) is 15.0. The zero-order valence-corrected chi connectivity index (χ0v) is 17.6. The first-order valence-electron chi connectivity index (χ1n) is 9.89. The number of hydrogen-bond acceptors (Lipinski definition) is 5. The summed E-state index contributed by atoms with van der Waals surface area (Å²) in [5.74, 6) is -0.383. The quantitative estimate of drug-likeness (QED) is 0.601. The van der Waals surface area contributed by atoms with Gasteiger partial charge in [0, 0.05) is 44.8 Å². The third-order valence-electron chi connectivity index (χ3n) is 5.24. The maximum absolute atomic E-state index is 13.0. The van der Waals surface area contributed by atoms with E-state index >= 15 is 0 Å². The Hall–Kier alpha value is -3.30. The second-order valence-electron chi connectivity index (χ2n) is 7.23. The Morgan fingerprint density at radius 2 is 1.68 bits per heavy atom. The Labute approximate surface area is 180 Å². The van der Waals surface area contributed by atoms with Crippen molar-refractivity contribution in [3.8, 4) is 0 Å². The van der Waals surface area contributed by atoms with Gasteiger partial charge in [-0.1, -0.05) is 30.3 Å². The fourth-order valence-electron chi connectivity index (χ4n) is 3.55. The van der Waals surface area contributed by atoms with Gasteiger partial charge in [0.2, 0.25) is 10.0 Å². The summed E-state index contributed by atoms with van der Waals surface area (Å²) in [6.07, 6.45) is 4.48. The fraction of sp³-hybridized carbons (Fsp3) is 0.227. The number of carbonyl (C=O) groups is 1. The molecule has 1 fully saturated rings. The maximum atomic E-state index is 13.0. The van der Waals surface area contributed by atoms with Crippen molar-refractivity contribution in [3.05, 3.63) is 94.7 Å². The molecule has 160 valence electrons. The van der Waals surface area contributed by atoms with E-state index in [4.69, 9.17) is 0 Å². The molecule has 0 atom stereocenters. The van der Waals surface area contributed by atoms with E-state index in [2.05, 4.69) is 4.98 Å². The number of benzene rings is 1. The largest absolute Gasteiger partial charge is 0.336 e. The molecule has 0 spiro atoms. The number of rotatable bonds is 5. The van der Waals surface area contributed by atoms with Crippen LogP contribution in [0, 0.1) is 0 Å². The molecule has 9 heteroatoms. The van der Waals surface area contributed by atoms with Gasteiger partial charge in [0.15, 0.2) is 0 Å². The predicted octanol–water partition coefficient (Wildman–Crippen LogP) is 1.44. The van der Waals surface area contributed by atoms with E-state index in [1.807, 2.05) is 30.3 Å². The van der Waals surface area contributed by atoms with E-state index in [0.717, 1.165) is 5.56 Å². The minimum Gasteiger partial charge on any atom is -0.336 e. The summed E-state index contributed by atoms with van der Waals surface area (Å²) in [5, 5.41) is 0. The molecule has 2 aromatic heterocycles. The van der Waals surface area contributed by atoms with Crippen LogP contribution in [0.3, 0.4) is 0 Å². The predicted molar refractivity (Wildman–Crippen MR) is 115 cm³/mol. The molecule has 1 amide bonds. The lowest BCUT2D eigenvalue weighted by Crippen LogP contribution is -2.51. The average Bonchev–Trinajstić information content (AvgIpc) is 2.81. The Morgan fingerprint density at radius 1 is 0.935 bits per heavy atom. The number of sulfonamides is 1. The molecule has 0 radical (unpaired) electrons. The Morgan fingerprint density at radius 3 is 2.35 bits per heavy atom. The van der Waals surface area contributed by atoms with Crippen molar-refractivity contribution in [1.82, 2.24) is 18.8 Å². The third-order valence-corrected chi connectivity index (χ3v) is 7.13. The van der Waals surface area contributed by atoms with Crippen molar-refractivity contribution in [2.75, 3.05) is 26.2 Å². The molecule has 0 saturated carbocycles. The Kier molecular flexibility index (Phi) is 5.97. The van der Waals surface area contributed by atoms with E-state index in [-0.39, 0.29) is 48.1 Å². The summed E-state index contributed by atoms with van der Waals surface area (Å²) < 4.78 is 28.3. The third kappa shape index (κ3) is 4.42. The van der Waals surface area contributed by atoms with Crippen LogP contribution >= 0.6 is 0 Å². The van der Waals surface area contributed by atoms with Crippen LogP contribution in [-0.4, -0.2) is 59.3 Å². The molecule has 0 unspecified atom stereocenters. The first-order valence-corrected chi connectivity index (χ1v) is 11.3. The van der Waals surface area contributed by atoms with Crippen LogP contribution in [0.2, 0.25) is 0 Å². The minimum atomic E-state index is -3.66. The lowest BCUT2D eigenvalue weighted by atomic mass is 10.2. The van der Waals surface area contributed by atoms with Crippen LogP contribution in [0.25, 0.3) is 0 Å². The van der Waals surface area contributed by atoms with Gasteiger partial charge in [0.25, 0.3) is 11.5 Å². The summed E-state index contributed by atoms with van der Waals surface area (Å²) in [6, 6.07) is 15.8. The van der Waals surface area contributed by atoms with E-state index in [1.165, 1.54) is 38.3 Å². The van der Waals surface area contributed by atoms with Gasteiger partial charge in [-0.05, 0) is 29.8 Å². The van der Waals surface area contributed by atoms with Gasteiger partial charge in [-0.15, -0.1) is 0 Å². The Bertz CT molecular complexity index is 1220. The summed E-state index contributed by atoms with van der Waals surface area (Å²) in [5.41, 5.74) is 0.687. The summed E-state index contributed by atoms with van der Waals surface area (Å²) >= 11 is 0. The van der Waals surface area contributed by atoms with Crippen LogP contribution in [0.15, 0.2) is 82.9 Å².